The molecule has 2 nitrogen and oxygen atoms in total. The molecule has 0 saturated carbocycles. The van der Waals surface area contributed by atoms with Crippen molar-refractivity contribution in [3.63, 3.8) is 0 Å². The van der Waals surface area contributed by atoms with Crippen molar-refractivity contribution in [2.24, 2.45) is 0 Å². The van der Waals surface area contributed by atoms with Gasteiger partial charge in [-0.3, -0.25) is 0 Å². The third-order valence-corrected chi connectivity index (χ3v) is 17.2. The Morgan fingerprint density at radius 2 is 0.804 bits per heavy atom. The largest absolute Gasteiger partial charge is 0.497 e. The van der Waals surface area contributed by atoms with Crippen LogP contribution in [0.2, 0.25) is 0 Å². The molecule has 0 heterocycles. The van der Waals surface area contributed by atoms with Gasteiger partial charge in [0, 0.05) is 0 Å². The summed E-state index contributed by atoms with van der Waals surface area (Å²) < 4.78 is 12.6. The molecular formula is C53H42O2Si. The molecule has 3 heteroatoms. The molecule has 56 heavy (non-hydrogen) atoms. The average molecular weight is 739 g/mol. The molecule has 0 radical (unpaired) electrons. The van der Waals surface area contributed by atoms with E-state index in [1.165, 1.54) is 81.9 Å². The van der Waals surface area contributed by atoms with Crippen LogP contribution in [0.15, 0.2) is 182 Å². The van der Waals surface area contributed by atoms with E-state index >= 15 is 0 Å². The fraction of sp³-hybridized carbons (Fsp3) is 0.0943. The van der Waals surface area contributed by atoms with E-state index in [1.54, 1.807) is 14.2 Å². The van der Waals surface area contributed by atoms with Gasteiger partial charge in [-0.1, -0.05) is 175 Å². The highest BCUT2D eigenvalue weighted by molar-refractivity contribution is 7.20. The Kier molecular flexibility index (Phi) is 7.98. The number of aryl methyl sites for hydroxylation is 2. The van der Waals surface area contributed by atoms with E-state index in [4.69, 9.17) is 9.47 Å². The maximum atomic E-state index is 6.39. The SMILES string of the molecule is COc1ccc(C)cc1[Si](c1ccccc1)(c1ccccc1)c1cc(-c2ccc3c(c2)C2(c4ccccc4-c4ccccc42)c2cc(C)ccc2-3)ccc1OC. The molecule has 0 amide bonds. The molecule has 2 aliphatic carbocycles. The number of fused-ring (bicyclic) bond motifs is 10. The molecule has 270 valence electrons. The number of ether oxygens (including phenoxy) is 2. The number of hydrogen-bond acceptors (Lipinski definition) is 2. The van der Waals surface area contributed by atoms with Gasteiger partial charge in [0.1, 0.15) is 11.5 Å². The molecule has 10 rings (SSSR count). The fourth-order valence-corrected chi connectivity index (χ4v) is 15.2. The third kappa shape index (κ3) is 4.74. The smallest absolute Gasteiger partial charge is 0.188 e. The number of methoxy groups -OCH3 is 2. The van der Waals surface area contributed by atoms with E-state index in [0.717, 1.165) is 17.1 Å². The van der Waals surface area contributed by atoms with Gasteiger partial charge in [0.15, 0.2) is 8.07 Å². The van der Waals surface area contributed by atoms with Crippen molar-refractivity contribution in [2.75, 3.05) is 14.2 Å². The lowest BCUT2D eigenvalue weighted by atomic mass is 9.70. The first-order valence-electron chi connectivity index (χ1n) is 19.4. The molecule has 1 spiro atoms. The van der Waals surface area contributed by atoms with Crippen LogP contribution < -0.4 is 30.2 Å². The second kappa shape index (κ2) is 13.1. The molecule has 0 atom stereocenters. The maximum Gasteiger partial charge on any atom is 0.188 e. The topological polar surface area (TPSA) is 18.5 Å². The highest BCUT2D eigenvalue weighted by Crippen LogP contribution is 2.63. The first-order chi connectivity index (χ1) is 27.5. The van der Waals surface area contributed by atoms with Crippen molar-refractivity contribution in [1.82, 2.24) is 0 Å². The summed E-state index contributed by atoms with van der Waals surface area (Å²) in [7, 11) is 0.506. The van der Waals surface area contributed by atoms with Gasteiger partial charge in [-0.2, -0.15) is 0 Å². The first-order valence-corrected chi connectivity index (χ1v) is 21.4. The number of rotatable bonds is 7. The van der Waals surface area contributed by atoms with Gasteiger partial charge in [0.05, 0.1) is 19.6 Å². The zero-order chi connectivity index (χ0) is 38.0. The van der Waals surface area contributed by atoms with E-state index in [0.29, 0.717) is 0 Å². The lowest BCUT2D eigenvalue weighted by Crippen LogP contribution is -2.75. The van der Waals surface area contributed by atoms with Crippen molar-refractivity contribution >= 4 is 28.8 Å². The van der Waals surface area contributed by atoms with Crippen LogP contribution in [0.3, 0.4) is 0 Å². The highest BCUT2D eigenvalue weighted by Gasteiger charge is 2.52. The van der Waals surface area contributed by atoms with Gasteiger partial charge >= 0.3 is 0 Å². The molecule has 0 aromatic heterocycles. The monoisotopic (exact) mass is 738 g/mol. The summed E-state index contributed by atoms with van der Waals surface area (Å²) >= 11 is 0. The van der Waals surface area contributed by atoms with E-state index in [1.807, 2.05) is 0 Å². The first kappa shape index (κ1) is 34.1. The van der Waals surface area contributed by atoms with Crippen LogP contribution in [-0.2, 0) is 5.41 Å². The lowest BCUT2D eigenvalue weighted by molar-refractivity contribution is 0.417. The molecule has 0 bridgehead atoms. The molecular weight excluding hydrogens is 697 g/mol. The zero-order valence-corrected chi connectivity index (χ0v) is 33.1. The standard InChI is InChI=1S/C53H42O2Si/c1-35-23-27-43-44-28-25-37(33-48(44)53(47(43)31-35)45-21-13-11-19-41(45)42-20-12-14-22-46(42)53)38-26-30-50(55-4)52(34-38)56(39-15-7-5-8-16-39,40-17-9-6-10-18-40)51-32-36(2)24-29-49(51)54-3/h5-34H,1-4H3. The highest BCUT2D eigenvalue weighted by atomic mass is 28.3. The zero-order valence-electron chi connectivity index (χ0n) is 32.1. The minimum Gasteiger partial charge on any atom is -0.497 e. The fourth-order valence-electron chi connectivity index (χ4n) is 10.0. The van der Waals surface area contributed by atoms with Crippen molar-refractivity contribution < 1.29 is 9.47 Å². The van der Waals surface area contributed by atoms with Crippen molar-refractivity contribution in [1.29, 1.82) is 0 Å². The molecule has 8 aromatic carbocycles. The minimum absolute atomic E-state index is 0.420. The van der Waals surface area contributed by atoms with Crippen LogP contribution in [-0.4, -0.2) is 22.3 Å². The summed E-state index contributed by atoms with van der Waals surface area (Å²) in [4.78, 5) is 0. The molecule has 0 unspecified atom stereocenters. The van der Waals surface area contributed by atoms with Gasteiger partial charge in [-0.15, -0.1) is 0 Å². The quantitative estimate of drug-likeness (QED) is 0.120. The van der Waals surface area contributed by atoms with E-state index in [-0.39, 0.29) is 0 Å². The van der Waals surface area contributed by atoms with Crippen LogP contribution in [0.5, 0.6) is 11.5 Å². The Bertz CT molecular complexity index is 2720. The lowest BCUT2D eigenvalue weighted by Gasteiger charge is -2.36. The summed E-state index contributed by atoms with van der Waals surface area (Å²) in [6.45, 7) is 4.39. The van der Waals surface area contributed by atoms with Gasteiger partial charge in [-0.25, -0.2) is 0 Å². The van der Waals surface area contributed by atoms with E-state index in [9.17, 15) is 0 Å². The normalized spacial score (nSPS) is 13.1. The summed E-state index contributed by atoms with van der Waals surface area (Å²) in [5.41, 5.74) is 15.0. The Hall–Kier alpha value is -6.42. The minimum atomic E-state index is -3.08. The van der Waals surface area contributed by atoms with Gasteiger partial charge in [0.2, 0.25) is 0 Å². The Labute approximate surface area is 330 Å². The Balaban J connectivity index is 1.27. The van der Waals surface area contributed by atoms with Crippen LogP contribution in [0.25, 0.3) is 33.4 Å². The molecule has 0 aliphatic heterocycles. The second-order valence-corrected chi connectivity index (χ2v) is 19.0. The summed E-state index contributed by atoms with van der Waals surface area (Å²) in [6.07, 6.45) is 0. The number of hydrogen-bond donors (Lipinski definition) is 0. The average Bonchev–Trinajstić information content (AvgIpc) is 3.71. The predicted molar refractivity (Wildman–Crippen MR) is 234 cm³/mol. The van der Waals surface area contributed by atoms with Gasteiger partial charge in [-0.05, 0) is 108 Å². The molecule has 0 fully saturated rings. The van der Waals surface area contributed by atoms with Crippen LogP contribution in [0, 0.1) is 13.8 Å². The predicted octanol–water partition coefficient (Wildman–Crippen LogP) is 9.71. The third-order valence-electron chi connectivity index (χ3n) is 12.4. The van der Waals surface area contributed by atoms with Crippen LogP contribution in [0.4, 0.5) is 0 Å². The van der Waals surface area contributed by atoms with Crippen molar-refractivity contribution in [3.05, 3.63) is 215 Å². The second-order valence-electron chi connectivity index (χ2n) is 15.3. The summed E-state index contributed by atoms with van der Waals surface area (Å²) in [5, 5.41) is 4.92. The van der Waals surface area contributed by atoms with Crippen LogP contribution >= 0.6 is 0 Å². The Morgan fingerprint density at radius 1 is 0.375 bits per heavy atom. The summed E-state index contributed by atoms with van der Waals surface area (Å²) in [6, 6.07) is 67.7. The molecule has 0 saturated heterocycles. The van der Waals surface area contributed by atoms with Gasteiger partial charge in [0.25, 0.3) is 0 Å². The van der Waals surface area contributed by atoms with Gasteiger partial charge < -0.3 is 9.47 Å². The Morgan fingerprint density at radius 3 is 1.41 bits per heavy atom. The maximum absolute atomic E-state index is 6.39. The molecule has 8 aromatic rings. The van der Waals surface area contributed by atoms with E-state index in [2.05, 4.69) is 196 Å². The number of benzene rings is 8. The molecule has 0 N–H and O–H groups in total. The summed E-state index contributed by atoms with van der Waals surface area (Å²) in [5.74, 6) is 1.75. The van der Waals surface area contributed by atoms with Crippen molar-refractivity contribution in [2.45, 2.75) is 19.3 Å². The molecule has 2 aliphatic rings. The van der Waals surface area contributed by atoms with Crippen LogP contribution in [0.1, 0.15) is 33.4 Å². The van der Waals surface area contributed by atoms with E-state index < -0.39 is 13.5 Å². The van der Waals surface area contributed by atoms with Crippen molar-refractivity contribution in [3.8, 4) is 44.9 Å².